The minimum atomic E-state index is -0.356. The third kappa shape index (κ3) is 17.3. The molecule has 0 aliphatic heterocycles. The van der Waals surface area contributed by atoms with Gasteiger partial charge < -0.3 is 37.2 Å². The molecule has 0 spiro atoms. The monoisotopic (exact) mass is 870 g/mol. The highest BCUT2D eigenvalue weighted by Gasteiger charge is 2.07. The van der Waals surface area contributed by atoms with Crippen molar-refractivity contribution < 1.29 is 19.2 Å². The Morgan fingerprint density at radius 2 is 0.662 bits per heavy atom. The molecule has 6 amide bonds. The van der Waals surface area contributed by atoms with E-state index >= 15 is 0 Å². The quantitative estimate of drug-likeness (QED) is 0.0328. The summed E-state index contributed by atoms with van der Waals surface area (Å²) in [5.74, 6) is 0. The van der Waals surface area contributed by atoms with Crippen molar-refractivity contribution in [2.45, 2.75) is 48.0 Å². The molecule has 12 nitrogen and oxygen atoms in total. The number of anilines is 8. The van der Waals surface area contributed by atoms with Crippen LogP contribution >= 0.6 is 0 Å². The molecule has 65 heavy (non-hydrogen) atoms. The number of hydrogen-bond acceptors (Lipinski definition) is 6. The smallest absolute Gasteiger partial charge is 0.323 e. The molecule has 0 fully saturated rings. The summed E-state index contributed by atoms with van der Waals surface area (Å²) < 4.78 is 0. The number of benzene rings is 7. The van der Waals surface area contributed by atoms with Crippen molar-refractivity contribution in [1.29, 1.82) is 0 Å². The summed E-state index contributed by atoms with van der Waals surface area (Å²) in [6, 6.07) is 52.8. The van der Waals surface area contributed by atoms with E-state index in [9.17, 15) is 14.4 Å². The summed E-state index contributed by atoms with van der Waals surface area (Å²) in [6.45, 7) is 12.4. The van der Waals surface area contributed by atoms with Gasteiger partial charge in [0.25, 0.3) is 0 Å². The molecule has 334 valence electrons. The SMILES string of the molecule is CC.Cc1ccc(NC(=O)Nc2cccc(NC(=O)Nc3ccc(C)cc3)c2)cc1.Cc1ccc(NCONc2ccc(Cc3ccc(NC(=O)Nc4ccc(C)cc4)cc3)cc2)cc1. The Balaban J connectivity index is 0.000000241. The van der Waals surface area contributed by atoms with Crippen LogP contribution in [-0.4, -0.2) is 24.8 Å². The minimum absolute atomic E-state index is 0.263. The van der Waals surface area contributed by atoms with Crippen LogP contribution in [0.15, 0.2) is 170 Å². The Bertz CT molecular complexity index is 2470. The average molecular weight is 871 g/mol. The number of carbonyl (C=O) groups excluding carboxylic acids is 3. The first-order chi connectivity index (χ1) is 31.5. The summed E-state index contributed by atoms with van der Waals surface area (Å²) in [5.41, 5.74) is 15.9. The van der Waals surface area contributed by atoms with E-state index in [1.54, 1.807) is 24.3 Å². The molecule has 0 heterocycles. The number of aryl methyl sites for hydroxylation is 4. The first-order valence-corrected chi connectivity index (χ1v) is 21.4. The van der Waals surface area contributed by atoms with Crippen LogP contribution in [0.2, 0.25) is 0 Å². The second-order valence-electron chi connectivity index (χ2n) is 14.9. The van der Waals surface area contributed by atoms with Crippen LogP contribution in [0, 0.1) is 27.7 Å². The van der Waals surface area contributed by atoms with Crippen molar-refractivity contribution in [3.8, 4) is 0 Å². The average Bonchev–Trinajstić information content (AvgIpc) is 3.30. The maximum Gasteiger partial charge on any atom is 0.323 e. The standard InChI is InChI=1S/C29H30N4O2.C22H22N4O2.C2H6/c1-21-3-11-25(12-4-21)30-20-35-33-28-17-9-24(10-18-28)19-23-7-15-27(16-8-23)32-29(34)31-26-13-5-22(2)6-14-26;1-15-6-10-17(11-7-15)23-21(27)25-19-4-3-5-20(14-19)26-22(28)24-18-12-8-16(2)9-13-18;1-2/h3-18,30,33H,19-20H2,1-2H3,(H2,31,32,34);3-14H,1-2H3,(H2,23,25,27)(H2,24,26,28);1-2H3. The van der Waals surface area contributed by atoms with E-state index in [2.05, 4.69) is 73.9 Å². The zero-order chi connectivity index (χ0) is 46.4. The molecule has 0 saturated carbocycles. The predicted molar refractivity (Wildman–Crippen MR) is 269 cm³/mol. The van der Waals surface area contributed by atoms with Gasteiger partial charge in [0, 0.05) is 39.8 Å². The van der Waals surface area contributed by atoms with Gasteiger partial charge in [-0.05, 0) is 136 Å². The van der Waals surface area contributed by atoms with Gasteiger partial charge in [0.15, 0.2) is 0 Å². The molecular weight excluding hydrogens is 813 g/mol. The Hall–Kier alpha value is -8.09. The lowest BCUT2D eigenvalue weighted by atomic mass is 10.0. The van der Waals surface area contributed by atoms with Gasteiger partial charge in [0.05, 0.1) is 5.69 Å². The normalized spacial score (nSPS) is 10.1. The third-order valence-electron chi connectivity index (χ3n) is 9.47. The maximum absolute atomic E-state index is 12.2. The molecular formula is C53H58N8O4. The minimum Gasteiger partial charge on any atom is -0.361 e. The van der Waals surface area contributed by atoms with Gasteiger partial charge >= 0.3 is 18.1 Å². The number of carbonyl (C=O) groups is 3. The first kappa shape index (κ1) is 48.0. The molecule has 7 aromatic carbocycles. The molecule has 7 aromatic rings. The highest BCUT2D eigenvalue weighted by atomic mass is 16.7. The molecule has 0 aromatic heterocycles. The summed E-state index contributed by atoms with van der Waals surface area (Å²) >= 11 is 0. The van der Waals surface area contributed by atoms with Crippen LogP contribution < -0.4 is 42.7 Å². The highest BCUT2D eigenvalue weighted by molar-refractivity contribution is 6.02. The number of rotatable bonds is 13. The van der Waals surface area contributed by atoms with Crippen molar-refractivity contribution in [3.63, 3.8) is 0 Å². The number of hydrogen-bond donors (Lipinski definition) is 8. The van der Waals surface area contributed by atoms with Crippen molar-refractivity contribution >= 4 is 63.6 Å². The molecule has 0 aliphatic carbocycles. The fourth-order valence-electron chi connectivity index (χ4n) is 6.01. The third-order valence-corrected chi connectivity index (χ3v) is 9.47. The van der Waals surface area contributed by atoms with E-state index in [1.807, 2.05) is 156 Å². The Labute approximate surface area is 382 Å². The van der Waals surface area contributed by atoms with Crippen LogP contribution in [-0.2, 0) is 11.3 Å². The number of urea groups is 3. The molecule has 8 N–H and O–H groups in total. The van der Waals surface area contributed by atoms with E-state index in [0.717, 1.165) is 51.4 Å². The second kappa shape index (κ2) is 25.1. The molecule has 7 rings (SSSR count). The van der Waals surface area contributed by atoms with Gasteiger partial charge in [-0.3, -0.25) is 10.3 Å². The second-order valence-corrected chi connectivity index (χ2v) is 14.9. The summed E-state index contributed by atoms with van der Waals surface area (Å²) in [6.07, 6.45) is 0.798. The Morgan fingerprint density at radius 3 is 1.02 bits per heavy atom. The lowest BCUT2D eigenvalue weighted by Gasteiger charge is -2.11. The number of nitrogens with one attached hydrogen (secondary N) is 8. The van der Waals surface area contributed by atoms with E-state index < -0.39 is 0 Å². The van der Waals surface area contributed by atoms with Crippen molar-refractivity contribution in [2.24, 2.45) is 0 Å². The number of amides is 6. The Kier molecular flexibility index (Phi) is 18.5. The highest BCUT2D eigenvalue weighted by Crippen LogP contribution is 2.19. The molecule has 0 radical (unpaired) electrons. The van der Waals surface area contributed by atoms with Crippen LogP contribution in [0.3, 0.4) is 0 Å². The molecule has 0 unspecified atom stereocenters. The van der Waals surface area contributed by atoms with Gasteiger partial charge in [-0.25, -0.2) is 14.4 Å². The van der Waals surface area contributed by atoms with Crippen LogP contribution in [0.5, 0.6) is 0 Å². The molecule has 0 bridgehead atoms. The van der Waals surface area contributed by atoms with Crippen LogP contribution in [0.4, 0.5) is 59.9 Å². The Morgan fingerprint density at radius 1 is 0.369 bits per heavy atom. The van der Waals surface area contributed by atoms with Crippen LogP contribution in [0.1, 0.15) is 47.2 Å². The fourth-order valence-corrected chi connectivity index (χ4v) is 6.01. The van der Waals surface area contributed by atoms with E-state index in [-0.39, 0.29) is 18.1 Å². The van der Waals surface area contributed by atoms with Gasteiger partial charge in [0.1, 0.15) is 6.73 Å². The topological polar surface area (TPSA) is 157 Å². The first-order valence-electron chi connectivity index (χ1n) is 21.4. The fraction of sp³-hybridized carbons (Fsp3) is 0.151. The largest absolute Gasteiger partial charge is 0.361 e. The zero-order valence-corrected chi connectivity index (χ0v) is 37.7. The van der Waals surface area contributed by atoms with Gasteiger partial charge in [-0.2, -0.15) is 0 Å². The molecule has 0 saturated heterocycles. The zero-order valence-electron chi connectivity index (χ0n) is 37.7. The van der Waals surface area contributed by atoms with Gasteiger partial charge in [-0.1, -0.05) is 115 Å². The van der Waals surface area contributed by atoms with E-state index in [1.165, 1.54) is 11.1 Å². The summed E-state index contributed by atoms with van der Waals surface area (Å²) in [4.78, 5) is 42.0. The maximum atomic E-state index is 12.2. The molecule has 0 atom stereocenters. The van der Waals surface area contributed by atoms with Crippen molar-refractivity contribution in [2.75, 3.05) is 49.4 Å². The summed E-state index contributed by atoms with van der Waals surface area (Å²) in [7, 11) is 0. The van der Waals surface area contributed by atoms with E-state index in [4.69, 9.17) is 4.84 Å². The van der Waals surface area contributed by atoms with Gasteiger partial charge in [-0.15, -0.1) is 0 Å². The lowest BCUT2D eigenvalue weighted by molar-refractivity contribution is 0.216. The lowest BCUT2D eigenvalue weighted by Crippen LogP contribution is -2.21. The van der Waals surface area contributed by atoms with Crippen molar-refractivity contribution in [3.05, 3.63) is 203 Å². The van der Waals surface area contributed by atoms with E-state index in [0.29, 0.717) is 29.5 Å². The van der Waals surface area contributed by atoms with Crippen LogP contribution in [0.25, 0.3) is 0 Å². The molecule has 12 heteroatoms. The summed E-state index contributed by atoms with van der Waals surface area (Å²) in [5, 5.41) is 19.9. The molecule has 0 aliphatic rings. The van der Waals surface area contributed by atoms with Gasteiger partial charge in [0.2, 0.25) is 0 Å². The van der Waals surface area contributed by atoms with Crippen molar-refractivity contribution in [1.82, 2.24) is 0 Å². The predicted octanol–water partition coefficient (Wildman–Crippen LogP) is 13.6.